The van der Waals surface area contributed by atoms with Gasteiger partial charge in [0.15, 0.2) is 0 Å². The van der Waals surface area contributed by atoms with E-state index in [2.05, 4.69) is 39.1 Å². The Kier molecular flexibility index (Phi) is 2.00. The standard InChI is InChI=1S/C8H6BrNS/c9-7-1-2-8-6(3-7)4-10-5-11-8/h1-4H,5H2. The average Bonchev–Trinajstić information content (AvgIpc) is 2.04. The summed E-state index contributed by atoms with van der Waals surface area (Å²) >= 11 is 5.20. The number of aliphatic imine (C=N–C) groups is 1. The minimum absolute atomic E-state index is 0.856. The minimum atomic E-state index is 0.856. The van der Waals surface area contributed by atoms with E-state index in [0.29, 0.717) is 0 Å². The van der Waals surface area contributed by atoms with E-state index in [1.807, 2.05) is 6.21 Å². The van der Waals surface area contributed by atoms with Crippen molar-refractivity contribution in [1.82, 2.24) is 0 Å². The fraction of sp³-hybridized carbons (Fsp3) is 0.125. The smallest absolute Gasteiger partial charge is 0.0890 e. The maximum absolute atomic E-state index is 4.18. The average molecular weight is 228 g/mol. The second-order valence-corrected chi connectivity index (χ2v) is 4.17. The molecule has 0 fully saturated rings. The summed E-state index contributed by atoms with van der Waals surface area (Å²) in [6, 6.07) is 6.27. The molecule has 1 aromatic rings. The molecule has 0 aromatic heterocycles. The third kappa shape index (κ3) is 1.49. The van der Waals surface area contributed by atoms with Gasteiger partial charge in [0.05, 0.1) is 5.88 Å². The van der Waals surface area contributed by atoms with Gasteiger partial charge in [-0.25, -0.2) is 0 Å². The third-order valence-electron chi connectivity index (χ3n) is 1.50. The van der Waals surface area contributed by atoms with Gasteiger partial charge in [-0.15, -0.1) is 11.8 Å². The second-order valence-electron chi connectivity index (χ2n) is 2.27. The Hall–Kier alpha value is -0.280. The van der Waals surface area contributed by atoms with Crippen molar-refractivity contribution in [3.63, 3.8) is 0 Å². The first-order valence-electron chi connectivity index (χ1n) is 3.28. The fourth-order valence-corrected chi connectivity index (χ4v) is 2.10. The van der Waals surface area contributed by atoms with Crippen LogP contribution in [0, 0.1) is 0 Å². The zero-order valence-corrected chi connectivity index (χ0v) is 8.15. The molecule has 56 valence electrons. The van der Waals surface area contributed by atoms with E-state index in [4.69, 9.17) is 0 Å². The lowest BCUT2D eigenvalue weighted by atomic mass is 10.2. The van der Waals surface area contributed by atoms with Crippen molar-refractivity contribution in [3.05, 3.63) is 28.2 Å². The van der Waals surface area contributed by atoms with Crippen molar-refractivity contribution < 1.29 is 0 Å². The Labute approximate surface area is 78.0 Å². The Balaban J connectivity index is 2.54. The van der Waals surface area contributed by atoms with Gasteiger partial charge in [0.2, 0.25) is 0 Å². The summed E-state index contributed by atoms with van der Waals surface area (Å²) < 4.78 is 1.12. The maximum Gasteiger partial charge on any atom is 0.0890 e. The van der Waals surface area contributed by atoms with Gasteiger partial charge < -0.3 is 0 Å². The predicted octanol–water partition coefficient (Wildman–Crippen LogP) is 2.93. The summed E-state index contributed by atoms with van der Waals surface area (Å²) in [5.74, 6) is 0.856. The highest BCUT2D eigenvalue weighted by molar-refractivity contribution is 9.10. The Morgan fingerprint density at radius 1 is 1.45 bits per heavy atom. The van der Waals surface area contributed by atoms with E-state index in [1.165, 1.54) is 10.5 Å². The van der Waals surface area contributed by atoms with Crippen LogP contribution in [0.25, 0.3) is 0 Å². The van der Waals surface area contributed by atoms with Gasteiger partial charge in [-0.3, -0.25) is 4.99 Å². The summed E-state index contributed by atoms with van der Waals surface area (Å²) in [6.07, 6.45) is 1.93. The molecular weight excluding hydrogens is 222 g/mol. The normalized spacial score (nSPS) is 14.6. The molecule has 0 unspecified atom stereocenters. The van der Waals surface area contributed by atoms with Crippen molar-refractivity contribution in [3.8, 4) is 0 Å². The van der Waals surface area contributed by atoms with Crippen LogP contribution < -0.4 is 0 Å². The molecule has 0 aliphatic carbocycles. The van der Waals surface area contributed by atoms with Crippen LogP contribution in [-0.2, 0) is 0 Å². The molecule has 1 heterocycles. The number of hydrogen-bond donors (Lipinski definition) is 0. The number of halogens is 1. The molecule has 3 heteroatoms. The largest absolute Gasteiger partial charge is 0.281 e. The zero-order valence-electron chi connectivity index (χ0n) is 5.75. The SMILES string of the molecule is Brc1ccc2c(c1)C=NCS2. The number of rotatable bonds is 0. The van der Waals surface area contributed by atoms with Gasteiger partial charge >= 0.3 is 0 Å². The van der Waals surface area contributed by atoms with E-state index in [9.17, 15) is 0 Å². The molecule has 0 bridgehead atoms. The van der Waals surface area contributed by atoms with Crippen LogP contribution in [0.3, 0.4) is 0 Å². The first-order chi connectivity index (χ1) is 5.36. The topological polar surface area (TPSA) is 12.4 Å². The van der Waals surface area contributed by atoms with Crippen LogP contribution in [0.15, 0.2) is 32.6 Å². The van der Waals surface area contributed by atoms with Gasteiger partial charge in [0, 0.05) is 21.1 Å². The highest BCUT2D eigenvalue weighted by Gasteiger charge is 2.04. The van der Waals surface area contributed by atoms with Crippen molar-refractivity contribution >= 4 is 33.9 Å². The van der Waals surface area contributed by atoms with E-state index < -0.39 is 0 Å². The van der Waals surface area contributed by atoms with Crippen LogP contribution in [0.5, 0.6) is 0 Å². The summed E-state index contributed by atoms with van der Waals surface area (Å²) in [6.45, 7) is 0. The molecular formula is C8H6BrNS. The molecule has 1 aliphatic heterocycles. The van der Waals surface area contributed by atoms with Crippen LogP contribution in [0.1, 0.15) is 5.56 Å². The lowest BCUT2D eigenvalue weighted by Crippen LogP contribution is -1.92. The quantitative estimate of drug-likeness (QED) is 0.665. The number of thioether (sulfide) groups is 1. The highest BCUT2D eigenvalue weighted by Crippen LogP contribution is 2.27. The molecule has 0 saturated heterocycles. The molecule has 2 rings (SSSR count). The molecule has 1 aliphatic rings. The summed E-state index contributed by atoms with van der Waals surface area (Å²) in [5.41, 5.74) is 1.22. The van der Waals surface area contributed by atoms with Gasteiger partial charge in [-0.1, -0.05) is 15.9 Å². The Morgan fingerprint density at radius 3 is 3.27 bits per heavy atom. The van der Waals surface area contributed by atoms with E-state index in [1.54, 1.807) is 11.8 Å². The van der Waals surface area contributed by atoms with Gasteiger partial charge in [-0.05, 0) is 18.2 Å². The summed E-state index contributed by atoms with van der Waals surface area (Å²) in [4.78, 5) is 5.50. The number of hydrogen-bond acceptors (Lipinski definition) is 2. The number of fused-ring (bicyclic) bond motifs is 1. The van der Waals surface area contributed by atoms with E-state index >= 15 is 0 Å². The molecule has 0 radical (unpaired) electrons. The zero-order chi connectivity index (χ0) is 7.68. The maximum atomic E-state index is 4.18. The number of nitrogens with zero attached hydrogens (tertiary/aromatic N) is 1. The van der Waals surface area contributed by atoms with Gasteiger partial charge in [0.25, 0.3) is 0 Å². The molecule has 0 spiro atoms. The Bertz CT molecular complexity index is 309. The van der Waals surface area contributed by atoms with Crippen molar-refractivity contribution in [2.24, 2.45) is 4.99 Å². The van der Waals surface area contributed by atoms with Crippen molar-refractivity contribution in [2.75, 3.05) is 5.88 Å². The van der Waals surface area contributed by atoms with E-state index in [-0.39, 0.29) is 0 Å². The summed E-state index contributed by atoms with van der Waals surface area (Å²) in [7, 11) is 0. The van der Waals surface area contributed by atoms with Gasteiger partial charge in [0.1, 0.15) is 0 Å². The van der Waals surface area contributed by atoms with Crippen LogP contribution in [0.2, 0.25) is 0 Å². The monoisotopic (exact) mass is 227 g/mol. The molecule has 11 heavy (non-hydrogen) atoms. The molecule has 0 amide bonds. The van der Waals surface area contributed by atoms with Crippen LogP contribution in [-0.4, -0.2) is 12.1 Å². The Morgan fingerprint density at radius 2 is 2.36 bits per heavy atom. The molecule has 1 aromatic carbocycles. The van der Waals surface area contributed by atoms with E-state index in [0.717, 1.165) is 10.3 Å². The lowest BCUT2D eigenvalue weighted by molar-refractivity contribution is 1.30. The molecule has 0 atom stereocenters. The van der Waals surface area contributed by atoms with Crippen LogP contribution >= 0.6 is 27.7 Å². The van der Waals surface area contributed by atoms with Gasteiger partial charge in [-0.2, -0.15) is 0 Å². The molecule has 0 saturated carbocycles. The number of benzene rings is 1. The predicted molar refractivity (Wildman–Crippen MR) is 52.5 cm³/mol. The lowest BCUT2D eigenvalue weighted by Gasteiger charge is -2.08. The third-order valence-corrected chi connectivity index (χ3v) is 2.95. The van der Waals surface area contributed by atoms with Crippen LogP contribution in [0.4, 0.5) is 0 Å². The first kappa shape index (κ1) is 7.37. The highest BCUT2D eigenvalue weighted by atomic mass is 79.9. The summed E-state index contributed by atoms with van der Waals surface area (Å²) in [5, 5.41) is 0. The van der Waals surface area contributed by atoms with Crippen molar-refractivity contribution in [1.29, 1.82) is 0 Å². The first-order valence-corrected chi connectivity index (χ1v) is 5.06. The fourth-order valence-electron chi connectivity index (χ4n) is 0.994. The molecule has 1 nitrogen and oxygen atoms in total. The molecule has 0 N–H and O–H groups in total. The van der Waals surface area contributed by atoms with Crippen molar-refractivity contribution in [2.45, 2.75) is 4.90 Å². The minimum Gasteiger partial charge on any atom is -0.281 e. The second kappa shape index (κ2) is 2.99.